The summed E-state index contributed by atoms with van der Waals surface area (Å²) in [5, 5.41) is 8.83. The summed E-state index contributed by atoms with van der Waals surface area (Å²) in [5.41, 5.74) is 0. The molecule has 0 aliphatic carbocycles. The van der Waals surface area contributed by atoms with Crippen molar-refractivity contribution in [3.63, 3.8) is 0 Å². The Morgan fingerprint density at radius 1 is 1.00 bits per heavy atom. The summed E-state index contributed by atoms with van der Waals surface area (Å²) < 4.78 is 0. The van der Waals surface area contributed by atoms with E-state index in [0.29, 0.717) is 18.4 Å². The first kappa shape index (κ1) is 18.7. The molecule has 0 radical (unpaired) electrons. The number of piperazine rings is 1. The summed E-state index contributed by atoms with van der Waals surface area (Å²) in [7, 11) is 0. The second-order valence-electron chi connectivity index (χ2n) is 7.14. The zero-order valence-electron chi connectivity index (χ0n) is 14.9. The maximum Gasteiger partial charge on any atom is 0.222 e. The van der Waals surface area contributed by atoms with E-state index in [0.717, 1.165) is 52.0 Å². The molecule has 2 fully saturated rings. The maximum atomic E-state index is 12.4. The molecule has 5 heteroatoms. The van der Waals surface area contributed by atoms with E-state index in [9.17, 15) is 4.79 Å². The molecule has 23 heavy (non-hydrogen) atoms. The number of carbonyl (C=O) groups excluding carboxylic acids is 1. The molecule has 0 saturated carbocycles. The summed E-state index contributed by atoms with van der Waals surface area (Å²) in [6, 6.07) is 0.541. The Balaban J connectivity index is 1.61. The third-order valence-electron chi connectivity index (χ3n) is 5.40. The van der Waals surface area contributed by atoms with Crippen molar-refractivity contribution >= 4 is 5.91 Å². The second kappa shape index (κ2) is 10.3. The first-order valence-electron chi connectivity index (χ1n) is 9.55. The number of likely N-dealkylation sites (tertiary alicyclic amines) is 1. The largest absolute Gasteiger partial charge is 0.396 e. The van der Waals surface area contributed by atoms with Crippen LogP contribution in [0.25, 0.3) is 0 Å². The van der Waals surface area contributed by atoms with Gasteiger partial charge in [0.2, 0.25) is 5.91 Å². The van der Waals surface area contributed by atoms with E-state index >= 15 is 0 Å². The molecule has 1 amide bonds. The lowest BCUT2D eigenvalue weighted by atomic mass is 10.1. The number of rotatable bonds is 8. The summed E-state index contributed by atoms with van der Waals surface area (Å²) in [4.78, 5) is 19.4. The van der Waals surface area contributed by atoms with Crippen LogP contribution in [0.3, 0.4) is 0 Å². The van der Waals surface area contributed by atoms with Gasteiger partial charge in [-0.05, 0) is 58.7 Å². The van der Waals surface area contributed by atoms with Gasteiger partial charge in [-0.15, -0.1) is 0 Å². The molecule has 0 unspecified atom stereocenters. The third-order valence-corrected chi connectivity index (χ3v) is 5.40. The van der Waals surface area contributed by atoms with Crippen LogP contribution in [-0.2, 0) is 4.79 Å². The molecule has 2 aliphatic rings. The van der Waals surface area contributed by atoms with Crippen LogP contribution in [0.1, 0.15) is 51.9 Å². The second-order valence-corrected chi connectivity index (χ2v) is 7.14. The van der Waals surface area contributed by atoms with Crippen molar-refractivity contribution < 1.29 is 9.90 Å². The van der Waals surface area contributed by atoms with E-state index in [1.165, 1.54) is 32.4 Å². The molecule has 134 valence electrons. The van der Waals surface area contributed by atoms with Crippen LogP contribution >= 0.6 is 0 Å². The smallest absolute Gasteiger partial charge is 0.222 e. The molecule has 2 rings (SSSR count). The molecule has 2 heterocycles. The van der Waals surface area contributed by atoms with E-state index < -0.39 is 0 Å². The number of carbonyl (C=O) groups is 1. The number of unbranched alkanes of at least 4 members (excludes halogenated alkanes) is 1. The molecule has 1 atom stereocenters. The predicted molar refractivity (Wildman–Crippen MR) is 93.5 cm³/mol. The molecular weight excluding hydrogens is 290 g/mol. The van der Waals surface area contributed by atoms with Gasteiger partial charge in [0.05, 0.1) is 0 Å². The molecule has 0 aromatic rings. The number of nitrogens with zero attached hydrogens (tertiary/aromatic N) is 3. The van der Waals surface area contributed by atoms with Crippen molar-refractivity contribution in [3.05, 3.63) is 0 Å². The zero-order valence-corrected chi connectivity index (χ0v) is 14.9. The van der Waals surface area contributed by atoms with Crippen LogP contribution in [0.5, 0.6) is 0 Å². The Bertz CT molecular complexity index is 337. The Morgan fingerprint density at radius 3 is 2.35 bits per heavy atom. The van der Waals surface area contributed by atoms with Crippen LogP contribution in [0.4, 0.5) is 0 Å². The molecular formula is C18H35N3O2. The Morgan fingerprint density at radius 2 is 1.70 bits per heavy atom. The highest BCUT2D eigenvalue weighted by Gasteiger charge is 2.22. The zero-order chi connectivity index (χ0) is 16.5. The molecule has 1 N–H and O–H groups in total. The SMILES string of the molecule is C[C@H](CCC(=O)N1CCN(CCCCO)CC1)N1CCCCC1. The minimum absolute atomic E-state index is 0.285. The van der Waals surface area contributed by atoms with E-state index in [4.69, 9.17) is 5.11 Å². The average molecular weight is 325 g/mol. The molecule has 0 aromatic carbocycles. The van der Waals surface area contributed by atoms with Gasteiger partial charge in [0.15, 0.2) is 0 Å². The van der Waals surface area contributed by atoms with Gasteiger partial charge < -0.3 is 14.9 Å². The summed E-state index contributed by atoms with van der Waals surface area (Å²) in [6.45, 7) is 9.74. The topological polar surface area (TPSA) is 47.0 Å². The van der Waals surface area contributed by atoms with Gasteiger partial charge >= 0.3 is 0 Å². The summed E-state index contributed by atoms with van der Waals surface area (Å²) in [5.74, 6) is 0.337. The van der Waals surface area contributed by atoms with E-state index in [2.05, 4.69) is 16.7 Å². The molecule has 0 bridgehead atoms. The van der Waals surface area contributed by atoms with E-state index in [-0.39, 0.29) is 6.61 Å². The minimum atomic E-state index is 0.285. The predicted octanol–water partition coefficient (Wildman–Crippen LogP) is 1.56. The normalized spacial score (nSPS) is 22.3. The number of amides is 1. The minimum Gasteiger partial charge on any atom is -0.396 e. The highest BCUT2D eigenvalue weighted by Crippen LogP contribution is 2.16. The standard InChI is InChI=1S/C18H35N3O2/c1-17(20-10-3-2-4-11-20)7-8-18(23)21-14-12-19(13-15-21)9-5-6-16-22/h17,22H,2-16H2,1H3/t17-/m1/s1. The molecule has 2 saturated heterocycles. The lowest BCUT2D eigenvalue weighted by molar-refractivity contribution is -0.133. The Kier molecular flexibility index (Phi) is 8.34. The van der Waals surface area contributed by atoms with Gasteiger partial charge in [0.1, 0.15) is 0 Å². The van der Waals surface area contributed by atoms with E-state index in [1.807, 2.05) is 4.90 Å². The maximum absolute atomic E-state index is 12.4. The van der Waals surface area contributed by atoms with Gasteiger partial charge in [-0.3, -0.25) is 9.69 Å². The van der Waals surface area contributed by atoms with Crippen molar-refractivity contribution in [1.82, 2.24) is 14.7 Å². The highest BCUT2D eigenvalue weighted by molar-refractivity contribution is 5.76. The highest BCUT2D eigenvalue weighted by atomic mass is 16.2. The van der Waals surface area contributed by atoms with Crippen molar-refractivity contribution in [1.29, 1.82) is 0 Å². The van der Waals surface area contributed by atoms with Crippen LogP contribution in [0.15, 0.2) is 0 Å². The van der Waals surface area contributed by atoms with Gasteiger partial charge in [0.25, 0.3) is 0 Å². The van der Waals surface area contributed by atoms with Gasteiger partial charge in [-0.1, -0.05) is 6.42 Å². The Hall–Kier alpha value is -0.650. The number of piperidine rings is 1. The first-order chi connectivity index (χ1) is 11.2. The van der Waals surface area contributed by atoms with Crippen LogP contribution in [0, 0.1) is 0 Å². The Labute approximate surface area is 141 Å². The van der Waals surface area contributed by atoms with Gasteiger partial charge in [-0.25, -0.2) is 0 Å². The van der Waals surface area contributed by atoms with Crippen molar-refractivity contribution in [3.8, 4) is 0 Å². The molecule has 2 aliphatic heterocycles. The number of aliphatic hydroxyl groups is 1. The van der Waals surface area contributed by atoms with Gasteiger partial charge in [-0.2, -0.15) is 0 Å². The van der Waals surface area contributed by atoms with Crippen molar-refractivity contribution in [2.75, 3.05) is 52.4 Å². The van der Waals surface area contributed by atoms with Crippen LogP contribution < -0.4 is 0 Å². The third kappa shape index (κ3) is 6.40. The lowest BCUT2D eigenvalue weighted by Crippen LogP contribution is -2.49. The molecule has 5 nitrogen and oxygen atoms in total. The van der Waals surface area contributed by atoms with Gasteiger partial charge in [0, 0.05) is 45.2 Å². The number of hydrogen-bond acceptors (Lipinski definition) is 4. The number of hydrogen-bond donors (Lipinski definition) is 1. The van der Waals surface area contributed by atoms with E-state index in [1.54, 1.807) is 0 Å². The average Bonchev–Trinajstić information content (AvgIpc) is 2.61. The van der Waals surface area contributed by atoms with Crippen LogP contribution in [-0.4, -0.2) is 84.2 Å². The number of aliphatic hydroxyl groups excluding tert-OH is 1. The summed E-state index contributed by atoms with van der Waals surface area (Å²) in [6.07, 6.45) is 7.63. The van der Waals surface area contributed by atoms with Crippen LogP contribution in [0.2, 0.25) is 0 Å². The fourth-order valence-corrected chi connectivity index (χ4v) is 3.70. The van der Waals surface area contributed by atoms with Crippen molar-refractivity contribution in [2.24, 2.45) is 0 Å². The lowest BCUT2D eigenvalue weighted by Gasteiger charge is -2.36. The fraction of sp³-hybridized carbons (Fsp3) is 0.944. The van der Waals surface area contributed by atoms with Crippen molar-refractivity contribution in [2.45, 2.75) is 57.9 Å². The fourth-order valence-electron chi connectivity index (χ4n) is 3.70. The quantitative estimate of drug-likeness (QED) is 0.688. The monoisotopic (exact) mass is 325 g/mol. The summed E-state index contributed by atoms with van der Waals surface area (Å²) >= 11 is 0. The molecule has 0 aromatic heterocycles. The molecule has 0 spiro atoms. The first-order valence-corrected chi connectivity index (χ1v) is 9.55.